The molecule has 1 saturated heterocycles. The Morgan fingerprint density at radius 2 is 2.05 bits per heavy atom. The molecule has 0 radical (unpaired) electrons. The second kappa shape index (κ2) is 5.53. The SMILES string of the molecule is COc1ccc(Br)cc1S(=O)(=O)N[C@]1(C)CCS(=O)(=O)C1. The van der Waals surface area contributed by atoms with Gasteiger partial charge in [0.15, 0.2) is 9.84 Å². The van der Waals surface area contributed by atoms with Crippen LogP contribution < -0.4 is 9.46 Å². The number of rotatable bonds is 4. The number of methoxy groups -OCH3 is 1. The van der Waals surface area contributed by atoms with Gasteiger partial charge in [0.25, 0.3) is 0 Å². The lowest BCUT2D eigenvalue weighted by molar-refractivity contribution is 0.400. The van der Waals surface area contributed by atoms with E-state index in [0.29, 0.717) is 4.47 Å². The van der Waals surface area contributed by atoms with E-state index in [9.17, 15) is 16.8 Å². The molecule has 0 unspecified atom stereocenters. The molecule has 1 fully saturated rings. The maximum Gasteiger partial charge on any atom is 0.244 e. The summed E-state index contributed by atoms with van der Waals surface area (Å²) in [6.45, 7) is 1.60. The summed E-state index contributed by atoms with van der Waals surface area (Å²) in [4.78, 5) is -0.0232. The van der Waals surface area contributed by atoms with Crippen molar-refractivity contribution in [2.45, 2.75) is 23.8 Å². The monoisotopic (exact) mass is 397 g/mol. The van der Waals surface area contributed by atoms with Crippen LogP contribution in [0.5, 0.6) is 5.75 Å². The second-order valence-electron chi connectivity index (χ2n) is 5.30. The fraction of sp³-hybridized carbons (Fsp3) is 0.500. The smallest absolute Gasteiger partial charge is 0.244 e. The van der Waals surface area contributed by atoms with E-state index >= 15 is 0 Å². The summed E-state index contributed by atoms with van der Waals surface area (Å²) in [6.07, 6.45) is 0.255. The van der Waals surface area contributed by atoms with Gasteiger partial charge in [-0.1, -0.05) is 15.9 Å². The normalized spacial score (nSPS) is 24.9. The molecular weight excluding hydrogens is 382 g/mol. The Morgan fingerprint density at radius 1 is 1.38 bits per heavy atom. The van der Waals surface area contributed by atoms with Gasteiger partial charge >= 0.3 is 0 Å². The van der Waals surface area contributed by atoms with E-state index in [1.54, 1.807) is 13.0 Å². The van der Waals surface area contributed by atoms with Crippen LogP contribution in [0.4, 0.5) is 0 Å². The van der Waals surface area contributed by atoms with E-state index in [4.69, 9.17) is 4.74 Å². The summed E-state index contributed by atoms with van der Waals surface area (Å²) in [5, 5.41) is 0. The minimum absolute atomic E-state index is 0.0123. The Morgan fingerprint density at radius 3 is 2.57 bits per heavy atom. The van der Waals surface area contributed by atoms with Crippen molar-refractivity contribution in [3.8, 4) is 5.75 Å². The van der Waals surface area contributed by atoms with Crippen molar-refractivity contribution in [3.63, 3.8) is 0 Å². The number of nitrogens with one attached hydrogen (secondary N) is 1. The first-order valence-electron chi connectivity index (χ1n) is 6.15. The summed E-state index contributed by atoms with van der Waals surface area (Å²) < 4.78 is 56.4. The molecule has 118 valence electrons. The van der Waals surface area contributed by atoms with Crippen LogP contribution in [-0.4, -0.2) is 41.0 Å². The van der Waals surface area contributed by atoms with E-state index in [0.717, 1.165) is 0 Å². The van der Waals surface area contributed by atoms with Crippen LogP contribution in [0.15, 0.2) is 27.6 Å². The van der Waals surface area contributed by atoms with Gasteiger partial charge in [-0.05, 0) is 31.5 Å². The van der Waals surface area contributed by atoms with E-state index < -0.39 is 25.4 Å². The van der Waals surface area contributed by atoms with Gasteiger partial charge < -0.3 is 4.74 Å². The third-order valence-electron chi connectivity index (χ3n) is 3.30. The third-order valence-corrected chi connectivity index (χ3v) is 7.36. The fourth-order valence-corrected chi connectivity index (χ4v) is 6.66. The third kappa shape index (κ3) is 3.77. The van der Waals surface area contributed by atoms with E-state index in [1.807, 2.05) is 0 Å². The molecule has 6 nitrogen and oxygen atoms in total. The number of ether oxygens (including phenoxy) is 1. The molecule has 0 amide bonds. The highest BCUT2D eigenvalue weighted by atomic mass is 79.9. The van der Waals surface area contributed by atoms with Gasteiger partial charge in [-0.3, -0.25) is 0 Å². The number of benzene rings is 1. The van der Waals surface area contributed by atoms with E-state index in [-0.39, 0.29) is 28.6 Å². The number of sulfonamides is 1. The second-order valence-corrected chi connectivity index (χ2v) is 10.1. The average Bonchev–Trinajstić information content (AvgIpc) is 2.62. The first-order valence-corrected chi connectivity index (χ1v) is 10.2. The molecule has 0 bridgehead atoms. The molecule has 1 atom stereocenters. The lowest BCUT2D eigenvalue weighted by atomic mass is 10.0. The first-order chi connectivity index (χ1) is 9.57. The minimum atomic E-state index is -3.89. The van der Waals surface area contributed by atoms with Crippen LogP contribution in [-0.2, 0) is 19.9 Å². The molecule has 1 aromatic carbocycles. The number of hydrogen-bond acceptors (Lipinski definition) is 5. The fourth-order valence-electron chi connectivity index (χ4n) is 2.33. The van der Waals surface area contributed by atoms with E-state index in [1.165, 1.54) is 19.2 Å². The summed E-state index contributed by atoms with van der Waals surface area (Å²) in [5.41, 5.74) is -0.995. The minimum Gasteiger partial charge on any atom is -0.495 e. The van der Waals surface area contributed by atoms with Crippen molar-refractivity contribution < 1.29 is 21.6 Å². The highest BCUT2D eigenvalue weighted by Crippen LogP contribution is 2.30. The van der Waals surface area contributed by atoms with Gasteiger partial charge in [0.2, 0.25) is 10.0 Å². The van der Waals surface area contributed by atoms with Gasteiger partial charge in [0, 0.05) is 10.0 Å². The summed E-state index contributed by atoms with van der Waals surface area (Å²) in [5.74, 6) is -0.00728. The van der Waals surface area contributed by atoms with Crippen LogP contribution in [0.25, 0.3) is 0 Å². The number of sulfone groups is 1. The predicted molar refractivity (Wildman–Crippen MR) is 82.7 cm³/mol. The van der Waals surface area contributed by atoms with Gasteiger partial charge in [0.05, 0.1) is 18.6 Å². The van der Waals surface area contributed by atoms with Crippen LogP contribution >= 0.6 is 15.9 Å². The molecular formula is C12H16BrNO5S2. The standard InChI is InChI=1S/C12H16BrNO5S2/c1-12(5-6-20(15,16)8-12)14-21(17,18)11-7-9(13)3-4-10(11)19-2/h3-4,7,14H,5-6,8H2,1-2H3/t12-/m1/s1. The molecule has 1 aliphatic rings. The zero-order valence-corrected chi connectivity index (χ0v) is 14.8. The highest BCUT2D eigenvalue weighted by Gasteiger charge is 2.41. The van der Waals surface area contributed by atoms with Crippen LogP contribution in [0.3, 0.4) is 0 Å². The quantitative estimate of drug-likeness (QED) is 0.826. The number of hydrogen-bond donors (Lipinski definition) is 1. The van der Waals surface area contributed by atoms with Crippen molar-refractivity contribution in [3.05, 3.63) is 22.7 Å². The van der Waals surface area contributed by atoms with Crippen molar-refractivity contribution in [1.29, 1.82) is 0 Å². The molecule has 2 rings (SSSR count). The Balaban J connectivity index is 2.38. The lowest BCUT2D eigenvalue weighted by Crippen LogP contribution is -2.46. The van der Waals surface area contributed by atoms with Crippen molar-refractivity contribution in [2.24, 2.45) is 0 Å². The van der Waals surface area contributed by atoms with Gasteiger partial charge in [0.1, 0.15) is 10.6 Å². The maximum atomic E-state index is 12.5. The Bertz CT molecular complexity index is 760. The van der Waals surface area contributed by atoms with Crippen molar-refractivity contribution in [1.82, 2.24) is 4.72 Å². The molecule has 0 saturated carbocycles. The van der Waals surface area contributed by atoms with Crippen LogP contribution in [0, 0.1) is 0 Å². The van der Waals surface area contributed by atoms with Gasteiger partial charge in [-0.25, -0.2) is 21.6 Å². The predicted octanol–water partition coefficient (Wildman–Crippen LogP) is 1.31. The number of halogens is 1. The topological polar surface area (TPSA) is 89.5 Å². The van der Waals surface area contributed by atoms with Crippen LogP contribution in [0.2, 0.25) is 0 Å². The highest BCUT2D eigenvalue weighted by molar-refractivity contribution is 9.10. The van der Waals surface area contributed by atoms with Crippen molar-refractivity contribution >= 4 is 35.8 Å². The molecule has 1 N–H and O–H groups in total. The van der Waals surface area contributed by atoms with Crippen molar-refractivity contribution in [2.75, 3.05) is 18.6 Å². The summed E-state index contributed by atoms with van der Waals surface area (Å²) in [6, 6.07) is 4.62. The average molecular weight is 398 g/mol. The Kier molecular flexibility index (Phi) is 4.40. The molecule has 0 aliphatic carbocycles. The zero-order chi connectivity index (χ0) is 15.9. The molecule has 0 spiro atoms. The molecule has 21 heavy (non-hydrogen) atoms. The Hall–Kier alpha value is -0.640. The zero-order valence-electron chi connectivity index (χ0n) is 11.6. The van der Waals surface area contributed by atoms with Crippen LogP contribution in [0.1, 0.15) is 13.3 Å². The largest absolute Gasteiger partial charge is 0.495 e. The van der Waals surface area contributed by atoms with Gasteiger partial charge in [-0.15, -0.1) is 0 Å². The molecule has 1 heterocycles. The molecule has 1 aromatic rings. The lowest BCUT2D eigenvalue weighted by Gasteiger charge is -2.24. The van der Waals surface area contributed by atoms with Gasteiger partial charge in [-0.2, -0.15) is 0 Å². The summed E-state index contributed by atoms with van der Waals surface area (Å²) >= 11 is 3.22. The molecule has 9 heteroatoms. The molecule has 0 aromatic heterocycles. The first kappa shape index (κ1) is 16.7. The summed E-state index contributed by atoms with van der Waals surface area (Å²) in [7, 11) is -5.71. The van der Waals surface area contributed by atoms with E-state index in [2.05, 4.69) is 20.7 Å². The molecule has 1 aliphatic heterocycles. The maximum absolute atomic E-state index is 12.5. The Labute approximate surface area is 133 Å².